The Labute approximate surface area is 146 Å². The van der Waals surface area contributed by atoms with Gasteiger partial charge in [0.25, 0.3) is 11.6 Å². The molecular formula is C15H13IN4O3. The van der Waals surface area contributed by atoms with Crippen LogP contribution in [0.25, 0.3) is 0 Å². The fourth-order valence-electron chi connectivity index (χ4n) is 1.69. The molecule has 0 fully saturated rings. The molecule has 0 saturated carbocycles. The molecule has 0 bridgehead atoms. The lowest BCUT2D eigenvalue weighted by Crippen LogP contribution is -2.25. The summed E-state index contributed by atoms with van der Waals surface area (Å²) in [6.45, 7) is 0.0763. The van der Waals surface area contributed by atoms with Gasteiger partial charge in [-0.15, -0.1) is 0 Å². The fourth-order valence-corrected chi connectivity index (χ4v) is 2.05. The van der Waals surface area contributed by atoms with Crippen molar-refractivity contribution >= 4 is 46.1 Å². The molecule has 0 spiro atoms. The van der Waals surface area contributed by atoms with E-state index >= 15 is 0 Å². The molecule has 2 aromatic rings. The van der Waals surface area contributed by atoms with Crippen molar-refractivity contribution in [1.82, 2.24) is 5.43 Å². The van der Waals surface area contributed by atoms with Crippen LogP contribution in [0.15, 0.2) is 53.6 Å². The van der Waals surface area contributed by atoms with Gasteiger partial charge in [-0.2, -0.15) is 5.10 Å². The predicted octanol–water partition coefficient (Wildman–Crippen LogP) is 2.76. The molecule has 2 rings (SSSR count). The highest BCUT2D eigenvalue weighted by Gasteiger charge is 2.04. The number of nitrogens with one attached hydrogen (secondary N) is 2. The maximum atomic E-state index is 11.7. The van der Waals surface area contributed by atoms with E-state index in [1.165, 1.54) is 18.3 Å². The number of rotatable bonds is 6. The molecule has 0 saturated heterocycles. The molecule has 2 N–H and O–H groups in total. The smallest absolute Gasteiger partial charge is 0.270 e. The third kappa shape index (κ3) is 5.66. The third-order valence-electron chi connectivity index (χ3n) is 2.78. The zero-order chi connectivity index (χ0) is 16.7. The number of nitro benzene ring substituents is 1. The minimum absolute atomic E-state index is 0.0272. The van der Waals surface area contributed by atoms with E-state index in [4.69, 9.17) is 0 Å². The normalized spacial score (nSPS) is 10.5. The lowest BCUT2D eigenvalue weighted by Gasteiger charge is -2.05. The number of benzene rings is 2. The van der Waals surface area contributed by atoms with E-state index in [-0.39, 0.29) is 18.1 Å². The molecule has 23 heavy (non-hydrogen) atoms. The van der Waals surface area contributed by atoms with Crippen molar-refractivity contribution in [3.63, 3.8) is 0 Å². The minimum Gasteiger partial charge on any atom is -0.376 e. The molecule has 2 aromatic carbocycles. The van der Waals surface area contributed by atoms with Crippen LogP contribution in [0.2, 0.25) is 0 Å². The summed E-state index contributed by atoms with van der Waals surface area (Å²) in [5.41, 5.74) is 3.70. The topological polar surface area (TPSA) is 96.6 Å². The number of carbonyl (C=O) groups is 1. The first-order valence-electron chi connectivity index (χ1n) is 6.60. The zero-order valence-corrected chi connectivity index (χ0v) is 14.1. The van der Waals surface area contributed by atoms with Gasteiger partial charge >= 0.3 is 0 Å². The van der Waals surface area contributed by atoms with Gasteiger partial charge in [0.15, 0.2) is 0 Å². The highest BCUT2D eigenvalue weighted by Crippen LogP contribution is 2.11. The number of hydrogen-bond donors (Lipinski definition) is 2. The van der Waals surface area contributed by atoms with Crippen LogP contribution in [-0.2, 0) is 4.79 Å². The molecular weight excluding hydrogens is 411 g/mol. The summed E-state index contributed by atoms with van der Waals surface area (Å²) in [5.74, 6) is -0.315. The van der Waals surface area contributed by atoms with Crippen LogP contribution in [0.5, 0.6) is 0 Å². The SMILES string of the molecule is O=C(CNc1ccc(I)cc1)NN=Cc1cccc([N+](=O)[O-])c1. The van der Waals surface area contributed by atoms with Gasteiger partial charge < -0.3 is 5.32 Å². The summed E-state index contributed by atoms with van der Waals surface area (Å²) in [6, 6.07) is 13.6. The van der Waals surface area contributed by atoms with Gasteiger partial charge in [0.2, 0.25) is 0 Å². The lowest BCUT2D eigenvalue weighted by atomic mass is 10.2. The molecule has 0 atom stereocenters. The quantitative estimate of drug-likeness (QED) is 0.323. The van der Waals surface area contributed by atoms with Crippen molar-refractivity contribution < 1.29 is 9.72 Å². The monoisotopic (exact) mass is 424 g/mol. The second kappa shape index (κ2) is 8.22. The first kappa shape index (κ1) is 16.9. The maximum Gasteiger partial charge on any atom is 0.270 e. The average Bonchev–Trinajstić information content (AvgIpc) is 2.54. The van der Waals surface area contributed by atoms with Gasteiger partial charge in [-0.3, -0.25) is 14.9 Å². The second-order valence-corrected chi connectivity index (χ2v) is 5.75. The van der Waals surface area contributed by atoms with Gasteiger partial charge in [0.05, 0.1) is 17.7 Å². The van der Waals surface area contributed by atoms with E-state index in [1.807, 2.05) is 24.3 Å². The number of amides is 1. The molecule has 0 aromatic heterocycles. The summed E-state index contributed by atoms with van der Waals surface area (Å²) < 4.78 is 1.11. The lowest BCUT2D eigenvalue weighted by molar-refractivity contribution is -0.384. The van der Waals surface area contributed by atoms with E-state index in [2.05, 4.69) is 38.4 Å². The predicted molar refractivity (Wildman–Crippen MR) is 96.5 cm³/mol. The number of nitrogens with zero attached hydrogens (tertiary/aromatic N) is 2. The summed E-state index contributed by atoms with van der Waals surface area (Å²) in [4.78, 5) is 21.8. The number of halogens is 1. The average molecular weight is 424 g/mol. The molecule has 0 heterocycles. The van der Waals surface area contributed by atoms with E-state index in [0.717, 1.165) is 9.26 Å². The zero-order valence-electron chi connectivity index (χ0n) is 11.9. The first-order chi connectivity index (χ1) is 11.0. The number of hydrazone groups is 1. The van der Waals surface area contributed by atoms with Crippen molar-refractivity contribution in [2.75, 3.05) is 11.9 Å². The van der Waals surface area contributed by atoms with Crippen molar-refractivity contribution in [1.29, 1.82) is 0 Å². The third-order valence-corrected chi connectivity index (χ3v) is 3.50. The minimum atomic E-state index is -0.485. The molecule has 0 unspecified atom stereocenters. The fraction of sp³-hybridized carbons (Fsp3) is 0.0667. The van der Waals surface area contributed by atoms with Gasteiger partial charge in [-0.1, -0.05) is 12.1 Å². The van der Waals surface area contributed by atoms with Crippen molar-refractivity contribution in [2.24, 2.45) is 5.10 Å². The Balaban J connectivity index is 1.83. The molecule has 118 valence electrons. The summed E-state index contributed by atoms with van der Waals surface area (Å²) >= 11 is 2.20. The Kier molecular flexibility index (Phi) is 6.03. The number of non-ortho nitro benzene ring substituents is 1. The van der Waals surface area contributed by atoms with Crippen LogP contribution in [0.4, 0.5) is 11.4 Å². The largest absolute Gasteiger partial charge is 0.376 e. The Morgan fingerprint density at radius 3 is 2.70 bits per heavy atom. The van der Waals surface area contributed by atoms with Gasteiger partial charge in [-0.25, -0.2) is 5.43 Å². The number of nitro groups is 1. The van der Waals surface area contributed by atoms with E-state index in [0.29, 0.717) is 5.56 Å². The first-order valence-corrected chi connectivity index (χ1v) is 7.68. The number of anilines is 1. The van der Waals surface area contributed by atoms with Crippen LogP contribution < -0.4 is 10.7 Å². The van der Waals surface area contributed by atoms with Crippen molar-refractivity contribution in [2.45, 2.75) is 0 Å². The maximum absolute atomic E-state index is 11.7. The molecule has 0 aliphatic heterocycles. The van der Waals surface area contributed by atoms with Crippen molar-refractivity contribution in [3.05, 3.63) is 67.8 Å². The van der Waals surface area contributed by atoms with Gasteiger partial charge in [-0.05, 0) is 46.9 Å². The molecule has 0 radical (unpaired) electrons. The molecule has 1 amide bonds. The van der Waals surface area contributed by atoms with Crippen LogP contribution in [-0.4, -0.2) is 23.6 Å². The van der Waals surface area contributed by atoms with E-state index in [9.17, 15) is 14.9 Å². The summed E-state index contributed by atoms with van der Waals surface area (Å²) in [7, 11) is 0. The van der Waals surface area contributed by atoms with E-state index < -0.39 is 4.92 Å². The van der Waals surface area contributed by atoms with Crippen molar-refractivity contribution in [3.8, 4) is 0 Å². The van der Waals surface area contributed by atoms with E-state index in [1.54, 1.807) is 12.1 Å². The summed E-state index contributed by atoms with van der Waals surface area (Å²) in [6.07, 6.45) is 1.36. The Morgan fingerprint density at radius 2 is 2.00 bits per heavy atom. The molecule has 0 aliphatic rings. The highest BCUT2D eigenvalue weighted by molar-refractivity contribution is 14.1. The van der Waals surface area contributed by atoms with Crippen LogP contribution in [0, 0.1) is 13.7 Å². The van der Waals surface area contributed by atoms with Crippen LogP contribution in [0.1, 0.15) is 5.56 Å². The van der Waals surface area contributed by atoms with Crippen LogP contribution >= 0.6 is 22.6 Å². The number of carbonyl (C=O) groups excluding carboxylic acids is 1. The Bertz CT molecular complexity index is 732. The van der Waals surface area contributed by atoms with Gasteiger partial charge in [0, 0.05) is 27.0 Å². The van der Waals surface area contributed by atoms with Crippen LogP contribution in [0.3, 0.4) is 0 Å². The number of hydrogen-bond acceptors (Lipinski definition) is 5. The molecule has 7 nitrogen and oxygen atoms in total. The Hall–Kier alpha value is -2.49. The Morgan fingerprint density at radius 1 is 1.26 bits per heavy atom. The summed E-state index contributed by atoms with van der Waals surface area (Å²) in [5, 5.41) is 17.4. The second-order valence-electron chi connectivity index (χ2n) is 4.51. The van der Waals surface area contributed by atoms with Gasteiger partial charge in [0.1, 0.15) is 0 Å². The standard InChI is InChI=1S/C15H13IN4O3/c16-12-4-6-13(7-5-12)17-10-15(21)19-18-9-11-2-1-3-14(8-11)20(22)23/h1-9,17H,10H2,(H,19,21). The molecule has 8 heteroatoms. The molecule has 0 aliphatic carbocycles. The highest BCUT2D eigenvalue weighted by atomic mass is 127.